The van der Waals surface area contributed by atoms with Gasteiger partial charge in [0.1, 0.15) is 0 Å². The Hall–Kier alpha value is -2.09. The molecule has 0 spiro atoms. The van der Waals surface area contributed by atoms with Crippen molar-refractivity contribution in [3.63, 3.8) is 0 Å². The zero-order valence-electron chi connectivity index (χ0n) is 11.2. The zero-order chi connectivity index (χ0) is 14.5. The maximum absolute atomic E-state index is 11.6. The standard InChI is InChI=1S/C12H18N4O4/c1-7-8(5-15-16-7)4-13-12(19)14-6-9-2-3-10(20-9)11(17)18/h5,9-10H,2-4,6H2,1H3,(H,15,16)(H,17,18)(H2,13,14,19). The molecule has 0 aliphatic carbocycles. The van der Waals surface area contributed by atoms with E-state index in [1.165, 1.54) is 0 Å². The largest absolute Gasteiger partial charge is 0.479 e. The molecule has 1 aliphatic rings. The molecule has 4 N–H and O–H groups in total. The number of hydrogen-bond donors (Lipinski definition) is 4. The van der Waals surface area contributed by atoms with E-state index in [4.69, 9.17) is 9.84 Å². The molecule has 8 heteroatoms. The van der Waals surface area contributed by atoms with Gasteiger partial charge in [0, 0.05) is 24.3 Å². The molecule has 8 nitrogen and oxygen atoms in total. The van der Waals surface area contributed by atoms with Crippen LogP contribution < -0.4 is 10.6 Å². The molecule has 0 saturated carbocycles. The molecule has 1 aromatic rings. The number of carboxylic acids is 1. The molecule has 2 rings (SSSR count). The first-order valence-corrected chi connectivity index (χ1v) is 6.45. The van der Waals surface area contributed by atoms with Gasteiger partial charge in [-0.05, 0) is 19.8 Å². The molecule has 2 atom stereocenters. The van der Waals surface area contributed by atoms with Crippen LogP contribution in [0.2, 0.25) is 0 Å². The van der Waals surface area contributed by atoms with E-state index in [1.807, 2.05) is 6.92 Å². The Labute approximate surface area is 115 Å². The van der Waals surface area contributed by atoms with E-state index in [2.05, 4.69) is 20.8 Å². The Kier molecular flexibility index (Phi) is 4.57. The van der Waals surface area contributed by atoms with Crippen LogP contribution in [-0.4, -0.2) is 46.1 Å². The molecule has 1 saturated heterocycles. The van der Waals surface area contributed by atoms with Crippen molar-refractivity contribution < 1.29 is 19.4 Å². The van der Waals surface area contributed by atoms with Crippen LogP contribution in [0.15, 0.2) is 6.20 Å². The molecule has 1 aromatic heterocycles. The van der Waals surface area contributed by atoms with Gasteiger partial charge in [-0.15, -0.1) is 0 Å². The van der Waals surface area contributed by atoms with Crippen LogP contribution in [0.5, 0.6) is 0 Å². The first kappa shape index (κ1) is 14.3. The van der Waals surface area contributed by atoms with E-state index in [0.29, 0.717) is 25.9 Å². The fourth-order valence-electron chi connectivity index (χ4n) is 2.04. The topological polar surface area (TPSA) is 116 Å². The predicted octanol–water partition coefficient (Wildman–Crippen LogP) is 0.150. The van der Waals surface area contributed by atoms with Gasteiger partial charge in [-0.1, -0.05) is 0 Å². The van der Waals surface area contributed by atoms with E-state index in [0.717, 1.165) is 11.3 Å². The lowest BCUT2D eigenvalue weighted by atomic mass is 10.2. The molecule has 2 unspecified atom stereocenters. The summed E-state index contributed by atoms with van der Waals surface area (Å²) in [6.45, 7) is 2.57. The number of ether oxygens (including phenoxy) is 1. The molecule has 2 heterocycles. The van der Waals surface area contributed by atoms with Gasteiger partial charge in [-0.25, -0.2) is 9.59 Å². The highest BCUT2D eigenvalue weighted by molar-refractivity contribution is 5.74. The average Bonchev–Trinajstić information content (AvgIpc) is 3.03. The van der Waals surface area contributed by atoms with Crippen molar-refractivity contribution in [3.05, 3.63) is 17.5 Å². The minimum atomic E-state index is -0.951. The first-order chi connectivity index (χ1) is 9.56. The predicted molar refractivity (Wildman–Crippen MR) is 69.1 cm³/mol. The SMILES string of the molecule is Cc1[nH]ncc1CNC(=O)NCC1CCC(C(=O)O)O1. The highest BCUT2D eigenvalue weighted by Gasteiger charge is 2.30. The van der Waals surface area contributed by atoms with Crippen LogP contribution in [0, 0.1) is 6.92 Å². The van der Waals surface area contributed by atoms with Crippen molar-refractivity contribution in [1.82, 2.24) is 20.8 Å². The maximum atomic E-state index is 11.6. The Morgan fingerprint density at radius 1 is 1.50 bits per heavy atom. The second-order valence-corrected chi connectivity index (χ2v) is 4.75. The van der Waals surface area contributed by atoms with Gasteiger partial charge in [0.15, 0.2) is 6.10 Å². The van der Waals surface area contributed by atoms with Crippen LogP contribution >= 0.6 is 0 Å². The fraction of sp³-hybridized carbons (Fsp3) is 0.583. The number of aliphatic carboxylic acids is 1. The van der Waals surface area contributed by atoms with Gasteiger partial charge in [-0.3, -0.25) is 5.10 Å². The van der Waals surface area contributed by atoms with Crippen molar-refractivity contribution in [2.75, 3.05) is 6.54 Å². The summed E-state index contributed by atoms with van der Waals surface area (Å²) in [7, 11) is 0. The van der Waals surface area contributed by atoms with E-state index < -0.39 is 12.1 Å². The van der Waals surface area contributed by atoms with Crippen LogP contribution in [0.1, 0.15) is 24.1 Å². The third-order valence-corrected chi connectivity index (χ3v) is 3.25. The number of hydrogen-bond acceptors (Lipinski definition) is 4. The molecule has 1 aliphatic heterocycles. The number of carboxylic acid groups (broad SMARTS) is 1. The molecule has 110 valence electrons. The van der Waals surface area contributed by atoms with Gasteiger partial charge in [0.05, 0.1) is 12.3 Å². The van der Waals surface area contributed by atoms with Crippen molar-refractivity contribution in [2.45, 2.75) is 38.5 Å². The third kappa shape index (κ3) is 3.70. The van der Waals surface area contributed by atoms with Crippen LogP contribution in [-0.2, 0) is 16.1 Å². The van der Waals surface area contributed by atoms with E-state index in [1.54, 1.807) is 6.20 Å². The number of aromatic nitrogens is 2. The van der Waals surface area contributed by atoms with Crippen molar-refractivity contribution >= 4 is 12.0 Å². The smallest absolute Gasteiger partial charge is 0.332 e. The van der Waals surface area contributed by atoms with E-state index >= 15 is 0 Å². The summed E-state index contributed by atoms with van der Waals surface area (Å²) < 4.78 is 5.29. The van der Waals surface area contributed by atoms with Crippen LogP contribution in [0.3, 0.4) is 0 Å². The summed E-state index contributed by atoms with van der Waals surface area (Å²) in [6.07, 6.45) is 1.79. The van der Waals surface area contributed by atoms with Gasteiger partial charge >= 0.3 is 12.0 Å². The highest BCUT2D eigenvalue weighted by atomic mass is 16.5. The number of aryl methyl sites for hydroxylation is 1. The minimum Gasteiger partial charge on any atom is -0.479 e. The minimum absolute atomic E-state index is 0.238. The summed E-state index contributed by atoms with van der Waals surface area (Å²) in [5, 5.41) is 20.8. The van der Waals surface area contributed by atoms with Gasteiger partial charge < -0.3 is 20.5 Å². The lowest BCUT2D eigenvalue weighted by molar-refractivity contribution is -0.149. The summed E-state index contributed by atoms with van der Waals surface area (Å²) in [4.78, 5) is 22.3. The molecule has 20 heavy (non-hydrogen) atoms. The molecule has 2 amide bonds. The second-order valence-electron chi connectivity index (χ2n) is 4.75. The fourth-order valence-corrected chi connectivity index (χ4v) is 2.04. The number of H-pyrrole nitrogens is 1. The summed E-state index contributed by atoms with van der Waals surface area (Å²) >= 11 is 0. The quantitative estimate of drug-likeness (QED) is 0.613. The molecule has 0 radical (unpaired) electrons. The summed E-state index contributed by atoms with van der Waals surface area (Å²) in [5.74, 6) is -0.951. The number of carbonyl (C=O) groups excluding carboxylic acids is 1. The Balaban J connectivity index is 1.66. The zero-order valence-corrected chi connectivity index (χ0v) is 11.2. The number of amides is 2. The Morgan fingerprint density at radius 2 is 2.30 bits per heavy atom. The van der Waals surface area contributed by atoms with Gasteiger partial charge in [0.25, 0.3) is 0 Å². The number of aromatic amines is 1. The normalized spacial score (nSPS) is 21.6. The van der Waals surface area contributed by atoms with Crippen LogP contribution in [0.25, 0.3) is 0 Å². The van der Waals surface area contributed by atoms with Crippen molar-refractivity contribution in [2.24, 2.45) is 0 Å². The van der Waals surface area contributed by atoms with Crippen molar-refractivity contribution in [3.8, 4) is 0 Å². The number of nitrogens with one attached hydrogen (secondary N) is 3. The monoisotopic (exact) mass is 282 g/mol. The summed E-state index contributed by atoms with van der Waals surface area (Å²) in [6, 6.07) is -0.312. The lowest BCUT2D eigenvalue weighted by Crippen LogP contribution is -2.39. The average molecular weight is 282 g/mol. The first-order valence-electron chi connectivity index (χ1n) is 6.45. The number of nitrogens with zero attached hydrogens (tertiary/aromatic N) is 1. The number of carbonyl (C=O) groups is 2. The molecule has 0 aromatic carbocycles. The Bertz CT molecular complexity index is 488. The van der Waals surface area contributed by atoms with E-state index in [9.17, 15) is 9.59 Å². The molecular weight excluding hydrogens is 264 g/mol. The lowest BCUT2D eigenvalue weighted by Gasteiger charge is -2.12. The van der Waals surface area contributed by atoms with Crippen LogP contribution in [0.4, 0.5) is 4.79 Å². The van der Waals surface area contributed by atoms with E-state index in [-0.39, 0.29) is 12.1 Å². The third-order valence-electron chi connectivity index (χ3n) is 3.25. The number of rotatable bonds is 5. The summed E-state index contributed by atoms with van der Waals surface area (Å²) in [5.41, 5.74) is 1.83. The molecule has 0 bridgehead atoms. The molecular formula is C12H18N4O4. The maximum Gasteiger partial charge on any atom is 0.332 e. The number of urea groups is 1. The Morgan fingerprint density at radius 3 is 2.90 bits per heavy atom. The highest BCUT2D eigenvalue weighted by Crippen LogP contribution is 2.19. The van der Waals surface area contributed by atoms with Crippen molar-refractivity contribution in [1.29, 1.82) is 0 Å². The van der Waals surface area contributed by atoms with Gasteiger partial charge in [-0.2, -0.15) is 5.10 Å². The second kappa shape index (κ2) is 6.38. The molecule has 1 fully saturated rings. The van der Waals surface area contributed by atoms with Gasteiger partial charge in [0.2, 0.25) is 0 Å².